The standard InChI is InChI=1S/C25H25Cl2N3O3/c1-15-19(26)12-7-13-20(15)30-24(32)21(27)22(25(30)33)28-17-9-6-8-16(14-17)23(31)29(2)18-10-4-3-5-11-18/h6-9,12-14,18,28H,3-5,10-11H2,1-2H3. The van der Waals surface area contributed by atoms with Crippen LogP contribution in [0.2, 0.25) is 5.02 Å². The van der Waals surface area contributed by atoms with E-state index in [0.29, 0.717) is 27.5 Å². The number of nitrogens with one attached hydrogen (secondary N) is 1. The predicted octanol–water partition coefficient (Wildman–Crippen LogP) is 5.49. The Bertz CT molecular complexity index is 1160. The Morgan fingerprint density at radius 3 is 2.45 bits per heavy atom. The van der Waals surface area contributed by atoms with Crippen LogP contribution in [0.5, 0.6) is 0 Å². The molecule has 2 aliphatic rings. The maximum Gasteiger partial charge on any atom is 0.283 e. The molecule has 0 radical (unpaired) electrons. The van der Waals surface area contributed by atoms with Crippen LogP contribution in [0.1, 0.15) is 48.0 Å². The Hall–Kier alpha value is -2.83. The fourth-order valence-electron chi connectivity index (χ4n) is 4.38. The molecule has 1 aliphatic heterocycles. The second-order valence-corrected chi connectivity index (χ2v) is 9.22. The lowest BCUT2D eigenvalue weighted by Crippen LogP contribution is -2.38. The summed E-state index contributed by atoms with van der Waals surface area (Å²) < 4.78 is 0. The van der Waals surface area contributed by atoms with E-state index in [1.807, 2.05) is 7.05 Å². The molecule has 4 rings (SSSR count). The summed E-state index contributed by atoms with van der Waals surface area (Å²) in [6.07, 6.45) is 5.51. The van der Waals surface area contributed by atoms with Crippen molar-refractivity contribution in [2.45, 2.75) is 45.1 Å². The van der Waals surface area contributed by atoms with Crippen molar-refractivity contribution in [3.63, 3.8) is 0 Å². The molecular weight excluding hydrogens is 461 g/mol. The molecule has 8 heteroatoms. The van der Waals surface area contributed by atoms with E-state index < -0.39 is 11.8 Å². The summed E-state index contributed by atoms with van der Waals surface area (Å²) in [5, 5.41) is 3.18. The summed E-state index contributed by atoms with van der Waals surface area (Å²) in [7, 11) is 1.84. The summed E-state index contributed by atoms with van der Waals surface area (Å²) in [6, 6.07) is 12.1. The number of imide groups is 1. The number of nitrogens with zero attached hydrogens (tertiary/aromatic N) is 2. The van der Waals surface area contributed by atoms with Crippen LogP contribution in [-0.4, -0.2) is 35.7 Å². The molecule has 0 spiro atoms. The molecule has 1 N–H and O–H groups in total. The Balaban J connectivity index is 1.55. The van der Waals surface area contributed by atoms with Gasteiger partial charge in [-0.25, -0.2) is 4.90 Å². The molecule has 1 fully saturated rings. The van der Waals surface area contributed by atoms with Gasteiger partial charge in [-0.15, -0.1) is 0 Å². The van der Waals surface area contributed by atoms with Gasteiger partial charge in [-0.3, -0.25) is 14.4 Å². The van der Waals surface area contributed by atoms with Crippen molar-refractivity contribution in [1.82, 2.24) is 4.90 Å². The van der Waals surface area contributed by atoms with Crippen molar-refractivity contribution in [2.24, 2.45) is 0 Å². The zero-order valence-corrected chi connectivity index (χ0v) is 20.0. The first kappa shape index (κ1) is 23.3. The fraction of sp³-hybridized carbons (Fsp3) is 0.320. The van der Waals surface area contributed by atoms with E-state index in [4.69, 9.17) is 23.2 Å². The van der Waals surface area contributed by atoms with E-state index in [-0.39, 0.29) is 22.7 Å². The molecule has 1 heterocycles. The van der Waals surface area contributed by atoms with Crippen molar-refractivity contribution in [2.75, 3.05) is 17.3 Å². The average Bonchev–Trinajstić information content (AvgIpc) is 3.04. The quantitative estimate of drug-likeness (QED) is 0.568. The number of benzene rings is 2. The van der Waals surface area contributed by atoms with E-state index in [0.717, 1.165) is 30.6 Å². The van der Waals surface area contributed by atoms with Gasteiger partial charge in [-0.1, -0.05) is 54.6 Å². The molecule has 0 aromatic heterocycles. The van der Waals surface area contributed by atoms with Gasteiger partial charge in [-0.05, 0) is 55.7 Å². The zero-order valence-electron chi connectivity index (χ0n) is 18.5. The van der Waals surface area contributed by atoms with E-state index in [2.05, 4.69) is 5.32 Å². The Morgan fingerprint density at radius 2 is 1.73 bits per heavy atom. The smallest absolute Gasteiger partial charge is 0.283 e. The highest BCUT2D eigenvalue weighted by Crippen LogP contribution is 2.34. The highest BCUT2D eigenvalue weighted by molar-refractivity contribution is 6.53. The van der Waals surface area contributed by atoms with E-state index in [1.165, 1.54) is 6.42 Å². The minimum Gasteiger partial charge on any atom is -0.350 e. The molecule has 2 aromatic carbocycles. The second-order valence-electron chi connectivity index (χ2n) is 8.43. The van der Waals surface area contributed by atoms with Crippen molar-refractivity contribution in [1.29, 1.82) is 0 Å². The number of carbonyl (C=O) groups excluding carboxylic acids is 3. The molecule has 6 nitrogen and oxygen atoms in total. The molecule has 0 unspecified atom stereocenters. The fourth-order valence-corrected chi connectivity index (χ4v) is 4.76. The van der Waals surface area contributed by atoms with E-state index >= 15 is 0 Å². The van der Waals surface area contributed by atoms with Crippen LogP contribution in [-0.2, 0) is 9.59 Å². The van der Waals surface area contributed by atoms with Gasteiger partial charge in [-0.2, -0.15) is 0 Å². The number of rotatable bonds is 5. The third kappa shape index (κ3) is 4.50. The Kier molecular flexibility index (Phi) is 6.77. The normalized spacial score (nSPS) is 17.0. The maximum absolute atomic E-state index is 13.1. The number of hydrogen-bond acceptors (Lipinski definition) is 4. The topological polar surface area (TPSA) is 69.7 Å². The second kappa shape index (κ2) is 9.57. The van der Waals surface area contributed by atoms with E-state index in [1.54, 1.807) is 54.3 Å². The molecule has 2 aromatic rings. The third-order valence-electron chi connectivity index (χ3n) is 6.33. The van der Waals surface area contributed by atoms with Crippen molar-refractivity contribution in [3.8, 4) is 0 Å². The molecule has 0 saturated heterocycles. The van der Waals surface area contributed by atoms with Crippen LogP contribution < -0.4 is 10.2 Å². The monoisotopic (exact) mass is 485 g/mol. The third-order valence-corrected chi connectivity index (χ3v) is 7.09. The zero-order chi connectivity index (χ0) is 23.7. The number of carbonyl (C=O) groups is 3. The molecular formula is C25H25Cl2N3O3. The van der Waals surface area contributed by atoms with Gasteiger partial charge in [0.15, 0.2) is 0 Å². The van der Waals surface area contributed by atoms with Gasteiger partial charge >= 0.3 is 0 Å². The number of hydrogen-bond donors (Lipinski definition) is 1. The number of halogens is 2. The first-order chi connectivity index (χ1) is 15.8. The van der Waals surface area contributed by atoms with Gasteiger partial charge in [0.1, 0.15) is 10.7 Å². The number of anilines is 2. The minimum atomic E-state index is -0.626. The first-order valence-corrected chi connectivity index (χ1v) is 11.7. The largest absolute Gasteiger partial charge is 0.350 e. The van der Waals surface area contributed by atoms with Gasteiger partial charge in [0.25, 0.3) is 17.7 Å². The van der Waals surface area contributed by atoms with Crippen LogP contribution in [0.25, 0.3) is 0 Å². The molecule has 0 atom stereocenters. The van der Waals surface area contributed by atoms with Gasteiger partial charge in [0, 0.05) is 29.4 Å². The molecule has 172 valence electrons. The molecule has 0 bridgehead atoms. The van der Waals surface area contributed by atoms with Crippen LogP contribution in [0.4, 0.5) is 11.4 Å². The van der Waals surface area contributed by atoms with Crippen LogP contribution in [0.15, 0.2) is 53.2 Å². The SMILES string of the molecule is Cc1c(Cl)cccc1N1C(=O)C(Cl)=C(Nc2cccc(C(=O)N(C)C3CCCCC3)c2)C1=O. The van der Waals surface area contributed by atoms with Crippen LogP contribution in [0, 0.1) is 6.92 Å². The van der Waals surface area contributed by atoms with E-state index in [9.17, 15) is 14.4 Å². The number of amides is 3. The maximum atomic E-state index is 13.1. The summed E-state index contributed by atoms with van der Waals surface area (Å²) in [5.74, 6) is -1.28. The van der Waals surface area contributed by atoms with Gasteiger partial charge in [0.05, 0.1) is 5.69 Å². The highest BCUT2D eigenvalue weighted by Gasteiger charge is 2.39. The van der Waals surface area contributed by atoms with Gasteiger partial charge in [0.2, 0.25) is 0 Å². The Labute approximate surface area is 203 Å². The average molecular weight is 486 g/mol. The summed E-state index contributed by atoms with van der Waals surface area (Å²) in [5.41, 5.74) is 1.95. The molecule has 3 amide bonds. The van der Waals surface area contributed by atoms with Gasteiger partial charge < -0.3 is 10.2 Å². The summed E-state index contributed by atoms with van der Waals surface area (Å²) >= 11 is 12.4. The predicted molar refractivity (Wildman–Crippen MR) is 131 cm³/mol. The lowest BCUT2D eigenvalue weighted by molar-refractivity contribution is -0.120. The summed E-state index contributed by atoms with van der Waals surface area (Å²) in [6.45, 7) is 1.73. The van der Waals surface area contributed by atoms with Crippen molar-refractivity contribution >= 4 is 52.3 Å². The highest BCUT2D eigenvalue weighted by atomic mass is 35.5. The molecule has 33 heavy (non-hydrogen) atoms. The van der Waals surface area contributed by atoms with Crippen LogP contribution in [0.3, 0.4) is 0 Å². The first-order valence-electron chi connectivity index (χ1n) is 11.0. The van der Waals surface area contributed by atoms with Crippen LogP contribution >= 0.6 is 23.2 Å². The summed E-state index contributed by atoms with van der Waals surface area (Å²) in [4.78, 5) is 41.8. The lowest BCUT2D eigenvalue weighted by Gasteiger charge is -2.31. The van der Waals surface area contributed by atoms with Crippen molar-refractivity contribution < 1.29 is 14.4 Å². The molecule has 1 aliphatic carbocycles. The van der Waals surface area contributed by atoms with Crippen molar-refractivity contribution in [3.05, 3.63) is 69.3 Å². The molecule has 1 saturated carbocycles. The lowest BCUT2D eigenvalue weighted by atomic mass is 9.94. The minimum absolute atomic E-state index is 0.0359. The Morgan fingerprint density at radius 1 is 1.03 bits per heavy atom.